The van der Waals surface area contributed by atoms with Gasteiger partial charge < -0.3 is 24.0 Å². The van der Waals surface area contributed by atoms with Crippen molar-refractivity contribution in [3.8, 4) is 11.9 Å². The Morgan fingerprint density at radius 2 is 1.74 bits per heavy atom. The van der Waals surface area contributed by atoms with Crippen molar-refractivity contribution in [2.24, 2.45) is 5.41 Å². The van der Waals surface area contributed by atoms with Gasteiger partial charge in [-0.1, -0.05) is 0 Å². The van der Waals surface area contributed by atoms with Crippen molar-refractivity contribution in [3.05, 3.63) is 23.9 Å². The van der Waals surface area contributed by atoms with Crippen LogP contribution in [0.5, 0.6) is 5.88 Å². The zero-order valence-electron chi connectivity index (χ0n) is 19.5. The summed E-state index contributed by atoms with van der Waals surface area (Å²) in [5.74, 6) is -0.935. The molecule has 0 aromatic carbocycles. The van der Waals surface area contributed by atoms with E-state index in [9.17, 15) is 24.4 Å². The number of methoxy groups -OCH3 is 3. The second kappa shape index (κ2) is 8.99. The number of amides is 2. The molecule has 34 heavy (non-hydrogen) atoms. The second-order valence-corrected chi connectivity index (χ2v) is 10.7. The smallest absolute Gasteiger partial charge is 0.369 e. The molecule has 0 saturated carbocycles. The number of hydrogen-bond donors (Lipinski definition) is 0. The number of carbonyl (C=O) groups is 4. The highest BCUT2D eigenvalue weighted by atomic mass is 32.2. The Morgan fingerprint density at radius 3 is 2.24 bits per heavy atom. The van der Waals surface area contributed by atoms with E-state index in [0.29, 0.717) is 35.0 Å². The van der Waals surface area contributed by atoms with Gasteiger partial charge in [-0.05, 0) is 49.0 Å². The second-order valence-electron chi connectivity index (χ2n) is 8.16. The third-order valence-corrected chi connectivity index (χ3v) is 8.53. The minimum atomic E-state index is -1.77. The number of pyridine rings is 1. The topological polar surface area (TPSA) is 139 Å². The van der Waals surface area contributed by atoms with Crippen LogP contribution in [0.3, 0.4) is 0 Å². The summed E-state index contributed by atoms with van der Waals surface area (Å²) in [5, 5.41) is 8.64. The molecular formula is C21H24N4O7S2. The van der Waals surface area contributed by atoms with Crippen molar-refractivity contribution in [1.29, 1.82) is 5.26 Å². The number of ether oxygens (including phenoxy) is 3. The van der Waals surface area contributed by atoms with Crippen molar-refractivity contribution in [2.75, 3.05) is 28.4 Å². The summed E-state index contributed by atoms with van der Waals surface area (Å²) >= 11 is 1.07. The van der Waals surface area contributed by atoms with E-state index < -0.39 is 43.6 Å². The lowest BCUT2D eigenvalue weighted by Crippen LogP contribution is -2.71. The maximum Gasteiger partial charge on any atom is 0.369 e. The number of thioether (sulfide) groups is 2. The van der Waals surface area contributed by atoms with Crippen LogP contribution in [-0.2, 0) is 19.1 Å². The molecule has 0 N–H and O–H groups in total. The fourth-order valence-corrected chi connectivity index (χ4v) is 6.43. The van der Waals surface area contributed by atoms with Gasteiger partial charge in [-0.2, -0.15) is 5.26 Å². The number of nitriles is 1. The molecule has 2 amide bonds. The van der Waals surface area contributed by atoms with Crippen LogP contribution in [0.2, 0.25) is 0 Å². The Bertz CT molecular complexity index is 1080. The Morgan fingerprint density at radius 1 is 1.12 bits per heavy atom. The fraction of sp³-hybridized carbons (Fsp3) is 0.524. The summed E-state index contributed by atoms with van der Waals surface area (Å²) in [6.45, 7) is 3.04. The Labute approximate surface area is 205 Å². The van der Waals surface area contributed by atoms with Gasteiger partial charge in [0.15, 0.2) is 9.74 Å². The summed E-state index contributed by atoms with van der Waals surface area (Å²) in [6, 6.07) is 4.49. The van der Waals surface area contributed by atoms with Gasteiger partial charge in [-0.25, -0.2) is 14.6 Å². The van der Waals surface area contributed by atoms with Gasteiger partial charge in [0.2, 0.25) is 5.88 Å². The molecule has 182 valence electrons. The number of hydrogen-bond acceptors (Lipinski definition) is 11. The van der Waals surface area contributed by atoms with Gasteiger partial charge in [0.1, 0.15) is 0 Å². The first-order valence-corrected chi connectivity index (χ1v) is 11.6. The molecule has 2 aliphatic rings. The summed E-state index contributed by atoms with van der Waals surface area (Å²) in [5.41, 5.74) is -0.821. The largest absolute Gasteiger partial charge is 0.481 e. The van der Waals surface area contributed by atoms with Crippen molar-refractivity contribution in [1.82, 2.24) is 14.8 Å². The van der Waals surface area contributed by atoms with Gasteiger partial charge in [0.25, 0.3) is 11.8 Å². The van der Waals surface area contributed by atoms with Gasteiger partial charge in [0, 0.05) is 25.7 Å². The highest BCUT2D eigenvalue weighted by molar-refractivity contribution is 8.15. The van der Waals surface area contributed by atoms with Crippen LogP contribution < -0.4 is 4.74 Å². The van der Waals surface area contributed by atoms with Crippen molar-refractivity contribution in [3.63, 3.8) is 0 Å². The minimum Gasteiger partial charge on any atom is -0.481 e. The van der Waals surface area contributed by atoms with E-state index in [2.05, 4.69) is 11.1 Å². The highest BCUT2D eigenvalue weighted by Crippen LogP contribution is 2.62. The molecule has 0 radical (unpaired) electrons. The number of piperazine rings is 1. The minimum absolute atomic E-state index is 0.152. The first-order chi connectivity index (χ1) is 15.9. The molecule has 2 fully saturated rings. The van der Waals surface area contributed by atoms with Gasteiger partial charge in [-0.3, -0.25) is 9.59 Å². The maximum atomic E-state index is 14.1. The Hall–Kier alpha value is -2.98. The SMILES string of the molecule is COC(=O)S[C@@]1(C)C(=O)N2[C@@H](c3ccc(OC)nc3)[C@@](C)(C#N)C[C@]2(SC(=O)OC)C(=O)N1C. The zero-order valence-corrected chi connectivity index (χ0v) is 21.1. The van der Waals surface area contributed by atoms with Crippen LogP contribution in [0.25, 0.3) is 0 Å². The summed E-state index contributed by atoms with van der Waals surface area (Å²) in [4.78, 5) is 55.7. The maximum absolute atomic E-state index is 14.1. The average Bonchev–Trinajstić information content (AvgIpc) is 3.11. The molecule has 1 aromatic rings. The molecule has 3 heterocycles. The summed E-state index contributed by atoms with van der Waals surface area (Å²) in [6.07, 6.45) is 1.31. The van der Waals surface area contributed by atoms with Gasteiger partial charge >= 0.3 is 10.6 Å². The van der Waals surface area contributed by atoms with Crippen molar-refractivity contribution < 1.29 is 33.4 Å². The number of carbonyl (C=O) groups excluding carboxylic acids is 4. The first-order valence-electron chi connectivity index (χ1n) is 10.0. The number of nitrogens with zero attached hydrogens (tertiary/aromatic N) is 4. The Balaban J connectivity index is 2.27. The normalized spacial score (nSPS) is 30.4. The highest BCUT2D eigenvalue weighted by Gasteiger charge is 2.72. The molecule has 13 heteroatoms. The Kier molecular flexibility index (Phi) is 6.78. The molecular weight excluding hydrogens is 484 g/mol. The van der Waals surface area contributed by atoms with E-state index >= 15 is 0 Å². The number of rotatable bonds is 4. The third-order valence-electron chi connectivity index (χ3n) is 6.16. The molecule has 2 aliphatic heterocycles. The quantitative estimate of drug-likeness (QED) is 0.555. The van der Waals surface area contributed by atoms with Crippen LogP contribution in [0.15, 0.2) is 18.3 Å². The van der Waals surface area contributed by atoms with E-state index in [4.69, 9.17) is 14.2 Å². The molecule has 4 atom stereocenters. The van der Waals surface area contributed by atoms with E-state index in [1.54, 1.807) is 19.1 Å². The lowest BCUT2D eigenvalue weighted by Gasteiger charge is -2.52. The number of likely N-dealkylation sites (N-methyl/N-ethyl adjacent to an activating group) is 1. The zero-order chi connectivity index (χ0) is 25.5. The van der Waals surface area contributed by atoms with Crippen molar-refractivity contribution >= 4 is 45.9 Å². The van der Waals surface area contributed by atoms with Crippen LogP contribution in [-0.4, -0.2) is 75.3 Å². The molecule has 0 aliphatic carbocycles. The van der Waals surface area contributed by atoms with E-state index in [1.165, 1.54) is 39.3 Å². The van der Waals surface area contributed by atoms with Gasteiger partial charge in [-0.15, -0.1) is 0 Å². The molecule has 1 aromatic heterocycles. The first kappa shape index (κ1) is 25.6. The van der Waals surface area contributed by atoms with E-state index in [1.807, 2.05) is 0 Å². The molecule has 0 bridgehead atoms. The van der Waals surface area contributed by atoms with Crippen LogP contribution in [0, 0.1) is 16.7 Å². The molecule has 0 unspecified atom stereocenters. The van der Waals surface area contributed by atoms with Crippen LogP contribution in [0.4, 0.5) is 9.59 Å². The lowest BCUT2D eigenvalue weighted by molar-refractivity contribution is -0.163. The van der Waals surface area contributed by atoms with Crippen LogP contribution in [0.1, 0.15) is 31.9 Å². The number of aromatic nitrogens is 1. The lowest BCUT2D eigenvalue weighted by atomic mass is 9.80. The predicted molar refractivity (Wildman–Crippen MR) is 123 cm³/mol. The predicted octanol–water partition coefficient (Wildman–Crippen LogP) is 2.78. The van der Waals surface area contributed by atoms with E-state index in [-0.39, 0.29) is 6.42 Å². The van der Waals surface area contributed by atoms with Crippen LogP contribution >= 0.6 is 23.5 Å². The molecule has 0 spiro atoms. The summed E-state index contributed by atoms with van der Waals surface area (Å²) in [7, 11) is 5.15. The van der Waals surface area contributed by atoms with E-state index in [0.717, 1.165) is 12.0 Å². The standard InChI is InChI=1S/C21H24N4O7S2/c1-19(11-22)10-21(34-18(29)32-6)16(27)24(3)20(2,33-17(28)31-5)15(26)25(21)14(19)12-7-8-13(30-4)23-9-12/h7-9,14H,10H2,1-6H3/t14-,19+,20-,21-/m0/s1. The third kappa shape index (κ3) is 3.74. The summed E-state index contributed by atoms with van der Waals surface area (Å²) < 4.78 is 14.6. The fourth-order valence-electron chi connectivity index (χ4n) is 4.37. The van der Waals surface area contributed by atoms with Gasteiger partial charge in [0.05, 0.1) is 38.9 Å². The van der Waals surface area contributed by atoms with Crippen molar-refractivity contribution in [2.45, 2.75) is 36.1 Å². The molecule has 11 nitrogen and oxygen atoms in total. The molecule has 3 rings (SSSR count). The monoisotopic (exact) mass is 508 g/mol. The molecule has 2 saturated heterocycles. The average molecular weight is 509 g/mol. The number of fused-ring (bicyclic) bond motifs is 1.